The number of amides is 1. The molecule has 0 saturated heterocycles. The van der Waals surface area contributed by atoms with Crippen molar-refractivity contribution in [3.63, 3.8) is 0 Å². The van der Waals surface area contributed by atoms with Crippen LogP contribution in [0.25, 0.3) is 0 Å². The molecule has 0 aliphatic heterocycles. The van der Waals surface area contributed by atoms with Crippen molar-refractivity contribution in [3.8, 4) is 5.75 Å². The second kappa shape index (κ2) is 10.1. The molecule has 3 aromatic carbocycles. The fourth-order valence-electron chi connectivity index (χ4n) is 3.23. The van der Waals surface area contributed by atoms with Crippen molar-refractivity contribution in [2.45, 2.75) is 31.7 Å². The predicted molar refractivity (Wildman–Crippen MR) is 127 cm³/mol. The molecule has 168 valence electrons. The van der Waals surface area contributed by atoms with E-state index in [9.17, 15) is 13.2 Å². The first-order chi connectivity index (χ1) is 15.1. The van der Waals surface area contributed by atoms with Crippen LogP contribution in [0.3, 0.4) is 0 Å². The topological polar surface area (TPSA) is 84.5 Å². The van der Waals surface area contributed by atoms with Crippen LogP contribution in [0.5, 0.6) is 5.75 Å². The van der Waals surface area contributed by atoms with E-state index in [4.69, 9.17) is 16.3 Å². The van der Waals surface area contributed by atoms with E-state index in [1.165, 1.54) is 24.3 Å². The Labute approximate surface area is 193 Å². The Bertz CT molecular complexity index is 1170. The molecule has 1 amide bonds. The monoisotopic (exact) mass is 472 g/mol. The summed E-state index contributed by atoms with van der Waals surface area (Å²) >= 11 is 5.88. The first kappa shape index (κ1) is 23.6. The third-order valence-corrected chi connectivity index (χ3v) is 6.37. The highest BCUT2D eigenvalue weighted by Crippen LogP contribution is 2.21. The fourth-order valence-corrected chi connectivity index (χ4v) is 4.40. The van der Waals surface area contributed by atoms with Crippen LogP contribution in [0, 0.1) is 13.8 Å². The standard InChI is InChI=1S/C24H25ClN2O4S/c1-16-12-17(2)14-21(13-16)27-32(29,30)23-10-8-22(9-11-23)31-15-24(28)26-18(3)19-4-6-20(25)7-5-19/h4-14,18,27H,15H2,1-3H3,(H,26,28)/t18-/m1/s1. The maximum atomic E-state index is 12.7. The highest BCUT2D eigenvalue weighted by Gasteiger charge is 2.15. The Hall–Kier alpha value is -3.03. The van der Waals surface area contributed by atoms with Gasteiger partial charge >= 0.3 is 0 Å². The van der Waals surface area contributed by atoms with Crippen molar-refractivity contribution >= 4 is 33.2 Å². The summed E-state index contributed by atoms with van der Waals surface area (Å²) in [5, 5.41) is 3.47. The smallest absolute Gasteiger partial charge is 0.261 e. The van der Waals surface area contributed by atoms with Crippen molar-refractivity contribution in [1.82, 2.24) is 5.32 Å². The van der Waals surface area contributed by atoms with E-state index in [1.807, 2.05) is 39.0 Å². The molecule has 0 spiro atoms. The number of carbonyl (C=O) groups excluding carboxylic acids is 1. The second-order valence-corrected chi connectivity index (χ2v) is 9.70. The molecular weight excluding hydrogens is 448 g/mol. The largest absolute Gasteiger partial charge is 0.484 e. The van der Waals surface area contributed by atoms with Gasteiger partial charge in [-0.3, -0.25) is 9.52 Å². The molecule has 0 heterocycles. The Balaban J connectivity index is 1.56. The van der Waals surface area contributed by atoms with Crippen LogP contribution in [-0.2, 0) is 14.8 Å². The number of hydrogen-bond acceptors (Lipinski definition) is 4. The van der Waals surface area contributed by atoms with Gasteiger partial charge in [-0.25, -0.2) is 8.42 Å². The molecule has 1 atom stereocenters. The van der Waals surface area contributed by atoms with Gasteiger partial charge in [0, 0.05) is 10.7 Å². The summed E-state index contributed by atoms with van der Waals surface area (Å²) in [7, 11) is -3.74. The van der Waals surface area contributed by atoms with E-state index >= 15 is 0 Å². The van der Waals surface area contributed by atoms with Gasteiger partial charge in [0.05, 0.1) is 10.9 Å². The van der Waals surface area contributed by atoms with E-state index < -0.39 is 10.0 Å². The van der Waals surface area contributed by atoms with Crippen LogP contribution in [0.2, 0.25) is 5.02 Å². The van der Waals surface area contributed by atoms with E-state index in [1.54, 1.807) is 24.3 Å². The summed E-state index contributed by atoms with van der Waals surface area (Å²) in [6, 6.07) is 18.4. The highest BCUT2D eigenvalue weighted by atomic mass is 35.5. The van der Waals surface area contributed by atoms with Gasteiger partial charge in [0.15, 0.2) is 6.61 Å². The zero-order valence-electron chi connectivity index (χ0n) is 18.1. The molecule has 32 heavy (non-hydrogen) atoms. The minimum absolute atomic E-state index is 0.102. The molecule has 6 nitrogen and oxygen atoms in total. The Kier molecular flexibility index (Phi) is 7.43. The Morgan fingerprint density at radius 2 is 1.56 bits per heavy atom. The molecule has 0 saturated carbocycles. The number of nitrogens with one attached hydrogen (secondary N) is 2. The van der Waals surface area contributed by atoms with Crippen LogP contribution in [0.4, 0.5) is 5.69 Å². The van der Waals surface area contributed by atoms with Crippen LogP contribution >= 0.6 is 11.6 Å². The van der Waals surface area contributed by atoms with Crippen molar-refractivity contribution in [2.75, 3.05) is 11.3 Å². The van der Waals surface area contributed by atoms with Gasteiger partial charge in [0.25, 0.3) is 15.9 Å². The van der Waals surface area contributed by atoms with Gasteiger partial charge in [0.2, 0.25) is 0 Å². The lowest BCUT2D eigenvalue weighted by atomic mass is 10.1. The van der Waals surface area contributed by atoms with Crippen molar-refractivity contribution in [1.29, 1.82) is 0 Å². The van der Waals surface area contributed by atoms with Gasteiger partial charge in [-0.05, 0) is 86.0 Å². The lowest BCUT2D eigenvalue weighted by molar-refractivity contribution is -0.123. The highest BCUT2D eigenvalue weighted by molar-refractivity contribution is 7.92. The molecule has 3 aromatic rings. The number of sulfonamides is 1. The summed E-state index contributed by atoms with van der Waals surface area (Å²) in [6.07, 6.45) is 0. The van der Waals surface area contributed by atoms with Crippen LogP contribution < -0.4 is 14.8 Å². The number of halogens is 1. The SMILES string of the molecule is Cc1cc(C)cc(NS(=O)(=O)c2ccc(OCC(=O)N[C@H](C)c3ccc(Cl)cc3)cc2)c1. The number of rotatable bonds is 8. The van der Waals surface area contributed by atoms with Gasteiger partial charge in [-0.2, -0.15) is 0 Å². The zero-order valence-corrected chi connectivity index (χ0v) is 19.6. The summed E-state index contributed by atoms with van der Waals surface area (Å²) in [4.78, 5) is 12.3. The molecule has 0 bridgehead atoms. The number of carbonyl (C=O) groups is 1. The van der Waals surface area contributed by atoms with Crippen molar-refractivity contribution in [2.24, 2.45) is 0 Å². The number of ether oxygens (including phenoxy) is 1. The number of anilines is 1. The zero-order chi connectivity index (χ0) is 23.3. The minimum atomic E-state index is -3.74. The molecule has 0 unspecified atom stereocenters. The molecule has 8 heteroatoms. The Morgan fingerprint density at radius 1 is 0.969 bits per heavy atom. The van der Waals surface area contributed by atoms with E-state index in [0.29, 0.717) is 16.5 Å². The van der Waals surface area contributed by atoms with Gasteiger partial charge in [0.1, 0.15) is 5.75 Å². The van der Waals surface area contributed by atoms with Crippen molar-refractivity contribution in [3.05, 3.63) is 88.4 Å². The summed E-state index contributed by atoms with van der Waals surface area (Å²) in [6.45, 7) is 5.49. The van der Waals surface area contributed by atoms with E-state index in [2.05, 4.69) is 10.0 Å². The van der Waals surface area contributed by atoms with Crippen LogP contribution in [0.15, 0.2) is 71.6 Å². The molecular formula is C24H25ClN2O4S. The number of benzene rings is 3. The summed E-state index contributed by atoms with van der Waals surface area (Å²) in [5.41, 5.74) is 3.37. The van der Waals surface area contributed by atoms with Gasteiger partial charge in [-0.1, -0.05) is 29.8 Å². The maximum absolute atomic E-state index is 12.7. The van der Waals surface area contributed by atoms with E-state index in [0.717, 1.165) is 16.7 Å². The van der Waals surface area contributed by atoms with Gasteiger partial charge < -0.3 is 10.1 Å². The van der Waals surface area contributed by atoms with Crippen LogP contribution in [0.1, 0.15) is 29.7 Å². The number of aryl methyl sites for hydroxylation is 2. The number of hydrogen-bond donors (Lipinski definition) is 2. The molecule has 0 fully saturated rings. The third kappa shape index (κ3) is 6.48. The lowest BCUT2D eigenvalue weighted by Crippen LogP contribution is -2.31. The van der Waals surface area contributed by atoms with Crippen molar-refractivity contribution < 1.29 is 17.9 Å². The molecule has 0 aliphatic carbocycles. The average Bonchev–Trinajstić information content (AvgIpc) is 2.72. The lowest BCUT2D eigenvalue weighted by Gasteiger charge is -2.15. The molecule has 2 N–H and O–H groups in total. The summed E-state index contributed by atoms with van der Waals surface area (Å²) < 4.78 is 33.4. The predicted octanol–water partition coefficient (Wildman–Crippen LogP) is 5.01. The second-order valence-electron chi connectivity index (χ2n) is 7.58. The molecule has 0 aromatic heterocycles. The van der Waals surface area contributed by atoms with Crippen LogP contribution in [-0.4, -0.2) is 20.9 Å². The Morgan fingerprint density at radius 3 is 2.16 bits per heavy atom. The first-order valence-corrected chi connectivity index (χ1v) is 11.9. The molecule has 0 radical (unpaired) electrons. The van der Waals surface area contributed by atoms with E-state index in [-0.39, 0.29) is 23.5 Å². The fraction of sp³-hybridized carbons (Fsp3) is 0.208. The maximum Gasteiger partial charge on any atom is 0.261 e. The summed E-state index contributed by atoms with van der Waals surface area (Å²) in [5.74, 6) is 0.102. The average molecular weight is 473 g/mol. The minimum Gasteiger partial charge on any atom is -0.484 e. The molecule has 0 aliphatic rings. The quantitative estimate of drug-likeness (QED) is 0.482. The third-order valence-electron chi connectivity index (χ3n) is 4.73. The molecule has 3 rings (SSSR count). The first-order valence-electron chi connectivity index (χ1n) is 10.0. The van der Waals surface area contributed by atoms with Gasteiger partial charge in [-0.15, -0.1) is 0 Å². The normalized spacial score (nSPS) is 12.1.